The van der Waals surface area contributed by atoms with Crippen LogP contribution in [-0.2, 0) is 19.1 Å². The summed E-state index contributed by atoms with van der Waals surface area (Å²) in [5.74, 6) is -0.862. The van der Waals surface area contributed by atoms with Crippen molar-refractivity contribution in [1.82, 2.24) is 0 Å². The van der Waals surface area contributed by atoms with Gasteiger partial charge in [0.2, 0.25) is 0 Å². The van der Waals surface area contributed by atoms with Crippen molar-refractivity contribution in [2.45, 2.75) is 31.5 Å². The van der Waals surface area contributed by atoms with E-state index in [0.717, 1.165) is 0 Å². The van der Waals surface area contributed by atoms with E-state index >= 15 is 0 Å². The molecule has 2 aliphatic rings. The Morgan fingerprint density at radius 2 is 2.33 bits per heavy atom. The van der Waals surface area contributed by atoms with Gasteiger partial charge in [-0.15, -0.1) is 0 Å². The smallest absolute Gasteiger partial charge is 0.326 e. The minimum atomic E-state index is -1.20. The number of ether oxygens (including phenoxy) is 2. The largest absolute Gasteiger partial charge is 0.468 e. The Morgan fingerprint density at radius 1 is 1.61 bits per heavy atom. The second-order valence-electron chi connectivity index (χ2n) is 5.00. The summed E-state index contributed by atoms with van der Waals surface area (Å²) in [6.45, 7) is 2.55. The Bertz CT molecular complexity index is 351. The van der Waals surface area contributed by atoms with Gasteiger partial charge in [-0.25, -0.2) is 4.39 Å². The fraction of sp³-hybridized carbons (Fsp3) is 0.833. The van der Waals surface area contributed by atoms with Gasteiger partial charge in [0, 0.05) is 6.42 Å². The van der Waals surface area contributed by atoms with Gasteiger partial charge in [-0.2, -0.15) is 0 Å². The Hall–Kier alpha value is -1.17. The number of esters is 1. The van der Waals surface area contributed by atoms with Gasteiger partial charge in [-0.3, -0.25) is 9.59 Å². The predicted octanol–water partition coefficient (Wildman–Crippen LogP) is 0.414. The molecule has 2 N–H and O–H groups in total. The average Bonchev–Trinajstić information content (AvgIpc) is 2.97. The number of carbonyl (C=O) groups excluding carboxylic acids is 2. The molecule has 6 heteroatoms. The summed E-state index contributed by atoms with van der Waals surface area (Å²) in [7, 11) is 0. The van der Waals surface area contributed by atoms with E-state index in [4.69, 9.17) is 10.5 Å². The van der Waals surface area contributed by atoms with Crippen LogP contribution in [0.2, 0.25) is 0 Å². The lowest BCUT2D eigenvalue weighted by Crippen LogP contribution is -2.51. The molecule has 2 aliphatic carbocycles. The SMILES string of the molecule is CCOC(=O)[C@]1(N)C[C@@H](F)[C@H]2C(CCOC=O)[C@H]21. The maximum atomic E-state index is 13.8. The van der Waals surface area contributed by atoms with Crippen molar-refractivity contribution in [2.24, 2.45) is 23.5 Å². The molecular weight excluding hydrogens is 241 g/mol. The van der Waals surface area contributed by atoms with Crippen LogP contribution in [0.4, 0.5) is 4.39 Å². The number of fused-ring (bicyclic) bond motifs is 1. The summed E-state index contributed by atoms with van der Waals surface area (Å²) in [6, 6.07) is 0. The van der Waals surface area contributed by atoms with Gasteiger partial charge in [-0.05, 0) is 31.1 Å². The summed E-state index contributed by atoms with van der Waals surface area (Å²) in [6.07, 6.45) is -0.482. The number of halogens is 1. The van der Waals surface area contributed by atoms with Crippen LogP contribution >= 0.6 is 0 Å². The van der Waals surface area contributed by atoms with Crippen LogP contribution in [0, 0.1) is 17.8 Å². The van der Waals surface area contributed by atoms with Crippen molar-refractivity contribution < 1.29 is 23.5 Å². The van der Waals surface area contributed by atoms with Crippen molar-refractivity contribution in [3.63, 3.8) is 0 Å². The van der Waals surface area contributed by atoms with E-state index in [1.807, 2.05) is 0 Å². The highest BCUT2D eigenvalue weighted by Gasteiger charge is 2.71. The summed E-state index contributed by atoms with van der Waals surface area (Å²) >= 11 is 0. The minimum Gasteiger partial charge on any atom is -0.468 e. The molecular formula is C12H18FNO4. The van der Waals surface area contributed by atoms with Crippen molar-refractivity contribution in [3.8, 4) is 0 Å². The fourth-order valence-electron chi connectivity index (χ4n) is 3.32. The van der Waals surface area contributed by atoms with Crippen LogP contribution < -0.4 is 5.73 Å². The topological polar surface area (TPSA) is 78.6 Å². The first kappa shape index (κ1) is 13.3. The predicted molar refractivity (Wildman–Crippen MR) is 60.2 cm³/mol. The zero-order chi connectivity index (χ0) is 13.3. The lowest BCUT2D eigenvalue weighted by molar-refractivity contribution is -0.151. The standard InChI is InChI=1S/C12H18FNO4/c1-2-18-11(16)12(14)5-8(13)9-7(10(9)12)3-4-17-6-15/h6-10H,2-5,14H2,1H3/t7?,8-,9-,10-,12+/m1/s1. The molecule has 2 fully saturated rings. The lowest BCUT2D eigenvalue weighted by Gasteiger charge is -2.25. The molecule has 5 nitrogen and oxygen atoms in total. The molecule has 5 atom stereocenters. The minimum absolute atomic E-state index is 0.0168. The normalized spacial score (nSPS) is 41.1. The van der Waals surface area contributed by atoms with E-state index in [1.54, 1.807) is 6.92 Å². The molecule has 2 rings (SSSR count). The zero-order valence-electron chi connectivity index (χ0n) is 10.3. The maximum Gasteiger partial charge on any atom is 0.326 e. The number of hydrogen-bond donors (Lipinski definition) is 1. The number of hydrogen-bond acceptors (Lipinski definition) is 5. The van der Waals surface area contributed by atoms with Gasteiger partial charge in [0.05, 0.1) is 13.2 Å². The summed E-state index contributed by atoms with van der Waals surface area (Å²) in [5.41, 5.74) is 4.83. The Kier molecular flexibility index (Phi) is 3.56. The van der Waals surface area contributed by atoms with Gasteiger partial charge >= 0.3 is 5.97 Å². The lowest BCUT2D eigenvalue weighted by atomic mass is 9.90. The average molecular weight is 259 g/mol. The van der Waals surface area contributed by atoms with Crippen LogP contribution in [-0.4, -0.2) is 37.4 Å². The van der Waals surface area contributed by atoms with Crippen molar-refractivity contribution in [3.05, 3.63) is 0 Å². The molecule has 0 aromatic rings. The highest BCUT2D eigenvalue weighted by molar-refractivity contribution is 5.82. The molecule has 102 valence electrons. The number of rotatable bonds is 6. The molecule has 0 saturated heterocycles. The first-order valence-electron chi connectivity index (χ1n) is 6.21. The van der Waals surface area contributed by atoms with Crippen LogP contribution in [0.1, 0.15) is 19.8 Å². The molecule has 2 saturated carbocycles. The maximum absolute atomic E-state index is 13.8. The Labute approximate surface area is 105 Å². The van der Waals surface area contributed by atoms with E-state index in [9.17, 15) is 14.0 Å². The Morgan fingerprint density at radius 3 is 2.94 bits per heavy atom. The quantitative estimate of drug-likeness (QED) is 0.425. The second-order valence-corrected chi connectivity index (χ2v) is 5.00. The van der Waals surface area contributed by atoms with E-state index < -0.39 is 17.7 Å². The third kappa shape index (κ3) is 1.98. The zero-order valence-corrected chi connectivity index (χ0v) is 10.3. The van der Waals surface area contributed by atoms with Crippen molar-refractivity contribution >= 4 is 12.4 Å². The molecule has 0 aliphatic heterocycles. The summed E-state index contributed by atoms with van der Waals surface area (Å²) < 4.78 is 23.3. The van der Waals surface area contributed by atoms with Crippen LogP contribution in [0.25, 0.3) is 0 Å². The number of carbonyl (C=O) groups is 2. The fourth-order valence-corrected chi connectivity index (χ4v) is 3.32. The van der Waals surface area contributed by atoms with Crippen LogP contribution in [0.5, 0.6) is 0 Å². The van der Waals surface area contributed by atoms with Crippen LogP contribution in [0.15, 0.2) is 0 Å². The summed E-state index contributed by atoms with van der Waals surface area (Å²) in [5, 5.41) is 0. The molecule has 0 amide bonds. The molecule has 1 unspecified atom stereocenters. The number of nitrogens with two attached hydrogens (primary N) is 1. The third-order valence-electron chi connectivity index (χ3n) is 4.07. The molecule has 0 heterocycles. The first-order chi connectivity index (χ1) is 8.56. The van der Waals surface area contributed by atoms with E-state index in [-0.39, 0.29) is 37.4 Å². The van der Waals surface area contributed by atoms with Gasteiger partial charge in [0.25, 0.3) is 6.47 Å². The molecule has 0 spiro atoms. The molecule has 18 heavy (non-hydrogen) atoms. The van der Waals surface area contributed by atoms with Crippen molar-refractivity contribution in [2.75, 3.05) is 13.2 Å². The van der Waals surface area contributed by atoms with E-state index in [0.29, 0.717) is 12.9 Å². The highest BCUT2D eigenvalue weighted by Crippen LogP contribution is 2.63. The second kappa shape index (κ2) is 4.84. The van der Waals surface area contributed by atoms with Crippen molar-refractivity contribution in [1.29, 1.82) is 0 Å². The van der Waals surface area contributed by atoms with E-state index in [2.05, 4.69) is 4.74 Å². The monoisotopic (exact) mass is 259 g/mol. The molecule has 0 aromatic heterocycles. The summed E-state index contributed by atoms with van der Waals surface area (Å²) in [4.78, 5) is 21.9. The van der Waals surface area contributed by atoms with E-state index in [1.165, 1.54) is 0 Å². The van der Waals surface area contributed by atoms with Crippen LogP contribution in [0.3, 0.4) is 0 Å². The third-order valence-corrected chi connectivity index (χ3v) is 4.07. The van der Waals surface area contributed by atoms with Gasteiger partial charge in [0.1, 0.15) is 11.7 Å². The molecule has 0 aromatic carbocycles. The Balaban J connectivity index is 1.98. The van der Waals surface area contributed by atoms with Gasteiger partial charge < -0.3 is 15.2 Å². The number of alkyl halides is 1. The van der Waals surface area contributed by atoms with Gasteiger partial charge in [-0.1, -0.05) is 0 Å². The first-order valence-corrected chi connectivity index (χ1v) is 6.21. The highest BCUT2D eigenvalue weighted by atomic mass is 19.1. The molecule has 0 bridgehead atoms. The van der Waals surface area contributed by atoms with Gasteiger partial charge in [0.15, 0.2) is 0 Å². The molecule has 0 radical (unpaired) electrons.